The molecule has 0 aromatic rings. The van der Waals surface area contributed by atoms with E-state index < -0.39 is 0 Å². The highest BCUT2D eigenvalue weighted by atomic mass is 16.2. The van der Waals surface area contributed by atoms with E-state index >= 15 is 0 Å². The van der Waals surface area contributed by atoms with Crippen molar-refractivity contribution in [2.45, 2.75) is 56.9 Å². The molecule has 2 aliphatic carbocycles. The molecule has 0 saturated heterocycles. The molecule has 2 saturated carbocycles. The molecule has 0 aromatic heterocycles. The maximum absolute atomic E-state index is 12.0. The Balaban J connectivity index is 1.96. The number of carbonyl (C=O) groups is 2. The van der Waals surface area contributed by atoms with Gasteiger partial charge in [0.05, 0.1) is 5.54 Å². The minimum Gasteiger partial charge on any atom is -0.269 e. The minimum atomic E-state index is -0.131. The van der Waals surface area contributed by atoms with E-state index in [1.807, 2.05) is 0 Å². The average molecular weight is 233 g/mol. The smallest absolute Gasteiger partial charge is 0.254 e. The van der Waals surface area contributed by atoms with Crippen molar-refractivity contribution < 1.29 is 9.59 Å². The molecule has 92 valence electrons. The van der Waals surface area contributed by atoms with Gasteiger partial charge in [-0.1, -0.05) is 25.7 Å². The Morgan fingerprint density at radius 2 is 1.47 bits per heavy atom. The number of carbonyl (C=O) groups excluding carboxylic acids is 2. The number of fused-ring (bicyclic) bond motifs is 1. The van der Waals surface area contributed by atoms with Crippen molar-refractivity contribution in [3.05, 3.63) is 12.2 Å². The van der Waals surface area contributed by atoms with Crippen molar-refractivity contribution in [1.82, 2.24) is 4.90 Å². The summed E-state index contributed by atoms with van der Waals surface area (Å²) < 4.78 is 0. The molecule has 0 unspecified atom stereocenters. The first-order valence-corrected chi connectivity index (χ1v) is 6.80. The van der Waals surface area contributed by atoms with Gasteiger partial charge in [-0.05, 0) is 31.6 Å². The Morgan fingerprint density at radius 1 is 0.941 bits per heavy atom. The van der Waals surface area contributed by atoms with Crippen LogP contribution in [0.25, 0.3) is 0 Å². The molecular weight excluding hydrogens is 214 g/mol. The van der Waals surface area contributed by atoms with Crippen LogP contribution in [0, 0.1) is 5.92 Å². The van der Waals surface area contributed by atoms with Crippen molar-refractivity contribution >= 4 is 11.8 Å². The Bertz CT molecular complexity index is 356. The summed E-state index contributed by atoms with van der Waals surface area (Å²) in [5.74, 6) is 0.394. The first-order valence-electron chi connectivity index (χ1n) is 6.80. The van der Waals surface area contributed by atoms with Gasteiger partial charge >= 0.3 is 0 Å². The van der Waals surface area contributed by atoms with Gasteiger partial charge in [0.15, 0.2) is 0 Å². The maximum Gasteiger partial charge on any atom is 0.254 e. The summed E-state index contributed by atoms with van der Waals surface area (Å²) in [5, 5.41) is 0. The Hall–Kier alpha value is -1.12. The summed E-state index contributed by atoms with van der Waals surface area (Å²) in [5.41, 5.74) is -0.131. The van der Waals surface area contributed by atoms with Crippen LogP contribution in [0.5, 0.6) is 0 Å². The van der Waals surface area contributed by atoms with Crippen LogP contribution in [0.4, 0.5) is 0 Å². The van der Waals surface area contributed by atoms with Crippen LogP contribution in [0.2, 0.25) is 0 Å². The second-order valence-corrected chi connectivity index (χ2v) is 5.64. The fraction of sp³-hybridized carbons (Fsp3) is 0.714. The summed E-state index contributed by atoms with van der Waals surface area (Å²) in [6.07, 6.45) is 12.2. The highest BCUT2D eigenvalue weighted by Gasteiger charge is 2.51. The molecule has 17 heavy (non-hydrogen) atoms. The van der Waals surface area contributed by atoms with Crippen molar-refractivity contribution in [3.8, 4) is 0 Å². The quantitative estimate of drug-likeness (QED) is 0.652. The molecule has 2 fully saturated rings. The Morgan fingerprint density at radius 3 is 2.00 bits per heavy atom. The van der Waals surface area contributed by atoms with Crippen LogP contribution in [0.15, 0.2) is 12.2 Å². The summed E-state index contributed by atoms with van der Waals surface area (Å²) in [6.45, 7) is 0. The molecule has 1 heterocycles. The van der Waals surface area contributed by atoms with E-state index in [1.165, 1.54) is 37.8 Å². The summed E-state index contributed by atoms with van der Waals surface area (Å²) in [6, 6.07) is 0. The van der Waals surface area contributed by atoms with E-state index in [4.69, 9.17) is 0 Å². The molecule has 0 bridgehead atoms. The molecule has 0 aromatic carbocycles. The van der Waals surface area contributed by atoms with E-state index in [9.17, 15) is 9.59 Å². The number of amides is 2. The van der Waals surface area contributed by atoms with Crippen LogP contribution in [-0.4, -0.2) is 22.3 Å². The van der Waals surface area contributed by atoms with Crippen LogP contribution in [-0.2, 0) is 9.59 Å². The van der Waals surface area contributed by atoms with Crippen molar-refractivity contribution in [3.63, 3.8) is 0 Å². The maximum atomic E-state index is 12.0. The molecule has 2 amide bonds. The highest BCUT2D eigenvalue weighted by Crippen LogP contribution is 2.48. The molecule has 0 N–H and O–H groups in total. The number of rotatable bonds is 1. The highest BCUT2D eigenvalue weighted by molar-refractivity contribution is 6.13. The molecule has 0 radical (unpaired) electrons. The van der Waals surface area contributed by atoms with E-state index in [0.717, 1.165) is 25.7 Å². The predicted octanol–water partition coefficient (Wildman–Crippen LogP) is 2.41. The molecule has 3 rings (SSSR count). The van der Waals surface area contributed by atoms with E-state index in [2.05, 4.69) is 0 Å². The zero-order chi connectivity index (χ0) is 11.9. The normalized spacial score (nSPS) is 37.4. The zero-order valence-corrected chi connectivity index (χ0v) is 10.2. The average Bonchev–Trinajstić information content (AvgIpc) is 2.69. The molecule has 1 aliphatic heterocycles. The summed E-state index contributed by atoms with van der Waals surface area (Å²) in [4.78, 5) is 25.5. The third kappa shape index (κ3) is 1.55. The second-order valence-electron chi connectivity index (χ2n) is 5.64. The SMILES string of the molecule is O=C1C=CC(=O)N1C12CCCCC1CCCC2. The standard InChI is InChI=1S/C14H19NO2/c16-12-7-8-13(17)15(12)14-9-3-1-5-11(14)6-2-4-10-14/h7-8,11H,1-6,9-10H2. The van der Waals surface area contributed by atoms with Gasteiger partial charge in [-0.2, -0.15) is 0 Å². The van der Waals surface area contributed by atoms with Gasteiger partial charge in [0.2, 0.25) is 0 Å². The van der Waals surface area contributed by atoms with Gasteiger partial charge < -0.3 is 0 Å². The van der Waals surface area contributed by atoms with E-state index in [-0.39, 0.29) is 17.4 Å². The second kappa shape index (κ2) is 3.97. The Labute approximate surface area is 102 Å². The third-order valence-electron chi connectivity index (χ3n) is 4.84. The molecule has 3 nitrogen and oxygen atoms in total. The fourth-order valence-electron chi connectivity index (χ4n) is 4.10. The van der Waals surface area contributed by atoms with Gasteiger partial charge in [-0.25, -0.2) is 0 Å². The number of hydrogen-bond donors (Lipinski definition) is 0. The van der Waals surface area contributed by atoms with Crippen LogP contribution < -0.4 is 0 Å². The van der Waals surface area contributed by atoms with Crippen molar-refractivity contribution in [2.24, 2.45) is 5.92 Å². The monoisotopic (exact) mass is 233 g/mol. The number of hydrogen-bond acceptors (Lipinski definition) is 2. The molecule has 3 heteroatoms. The van der Waals surface area contributed by atoms with Gasteiger partial charge in [0.25, 0.3) is 11.8 Å². The third-order valence-corrected chi connectivity index (χ3v) is 4.84. The molecule has 3 aliphatic rings. The summed E-state index contributed by atoms with van der Waals surface area (Å²) in [7, 11) is 0. The van der Waals surface area contributed by atoms with Gasteiger partial charge in [-0.15, -0.1) is 0 Å². The largest absolute Gasteiger partial charge is 0.269 e. The molecule has 0 atom stereocenters. The fourth-order valence-corrected chi connectivity index (χ4v) is 4.10. The first-order chi connectivity index (χ1) is 8.24. The van der Waals surface area contributed by atoms with E-state index in [0.29, 0.717) is 5.92 Å². The minimum absolute atomic E-state index is 0.0798. The first kappa shape index (κ1) is 11.0. The van der Waals surface area contributed by atoms with Gasteiger partial charge in [-0.3, -0.25) is 14.5 Å². The molecule has 0 spiro atoms. The lowest BCUT2D eigenvalue weighted by Gasteiger charge is -2.51. The summed E-state index contributed by atoms with van der Waals surface area (Å²) >= 11 is 0. The van der Waals surface area contributed by atoms with E-state index in [1.54, 1.807) is 4.90 Å². The van der Waals surface area contributed by atoms with Gasteiger partial charge in [0.1, 0.15) is 0 Å². The number of imide groups is 1. The lowest BCUT2D eigenvalue weighted by atomic mass is 9.64. The lowest BCUT2D eigenvalue weighted by molar-refractivity contribution is -0.151. The van der Waals surface area contributed by atoms with Gasteiger partial charge in [0, 0.05) is 12.2 Å². The van der Waals surface area contributed by atoms with Crippen LogP contribution in [0.1, 0.15) is 51.4 Å². The van der Waals surface area contributed by atoms with Crippen molar-refractivity contribution in [2.75, 3.05) is 0 Å². The lowest BCUT2D eigenvalue weighted by Crippen LogP contribution is -2.59. The van der Waals surface area contributed by atoms with Crippen LogP contribution >= 0.6 is 0 Å². The van der Waals surface area contributed by atoms with Crippen LogP contribution in [0.3, 0.4) is 0 Å². The predicted molar refractivity (Wildman–Crippen MR) is 64.2 cm³/mol. The number of nitrogens with zero attached hydrogens (tertiary/aromatic N) is 1. The zero-order valence-electron chi connectivity index (χ0n) is 10.2. The van der Waals surface area contributed by atoms with Crippen molar-refractivity contribution in [1.29, 1.82) is 0 Å². The topological polar surface area (TPSA) is 37.4 Å². The Kier molecular flexibility index (Phi) is 2.57. The molecular formula is C14H19NO2.